The predicted molar refractivity (Wildman–Crippen MR) is 118 cm³/mol. The summed E-state index contributed by atoms with van der Waals surface area (Å²) in [4.78, 5) is 26.3. The van der Waals surface area contributed by atoms with Crippen molar-refractivity contribution in [2.45, 2.75) is 30.8 Å². The van der Waals surface area contributed by atoms with Crippen LogP contribution in [0.25, 0.3) is 0 Å². The van der Waals surface area contributed by atoms with Gasteiger partial charge in [0.1, 0.15) is 0 Å². The van der Waals surface area contributed by atoms with Crippen LogP contribution in [-0.4, -0.2) is 64.1 Å². The summed E-state index contributed by atoms with van der Waals surface area (Å²) >= 11 is 0. The zero-order valence-corrected chi connectivity index (χ0v) is 18.7. The number of aryl methyl sites for hydroxylation is 1. The molecule has 32 heavy (non-hydrogen) atoms. The SMILES string of the molecule is CC1CN(C(=O)COC(=O)c2ccc(S(=O)(=O)N3CCCc4ccccc43)cc2)CCO1. The lowest BCUT2D eigenvalue weighted by atomic mass is 10.0. The fourth-order valence-corrected chi connectivity index (χ4v) is 5.53. The average Bonchev–Trinajstić information content (AvgIpc) is 2.82. The van der Waals surface area contributed by atoms with Crippen molar-refractivity contribution in [2.24, 2.45) is 0 Å². The van der Waals surface area contributed by atoms with Crippen LogP contribution in [0.15, 0.2) is 53.4 Å². The van der Waals surface area contributed by atoms with Crippen LogP contribution in [0.2, 0.25) is 0 Å². The van der Waals surface area contributed by atoms with Gasteiger partial charge in [-0.2, -0.15) is 0 Å². The number of amides is 1. The van der Waals surface area contributed by atoms with Crippen molar-refractivity contribution in [3.63, 3.8) is 0 Å². The van der Waals surface area contributed by atoms with Gasteiger partial charge < -0.3 is 14.4 Å². The van der Waals surface area contributed by atoms with E-state index < -0.39 is 16.0 Å². The zero-order chi connectivity index (χ0) is 22.7. The van der Waals surface area contributed by atoms with Gasteiger partial charge in [-0.25, -0.2) is 13.2 Å². The number of para-hydroxylation sites is 1. The summed E-state index contributed by atoms with van der Waals surface area (Å²) in [6, 6.07) is 13.1. The number of sulfonamides is 1. The number of ether oxygens (including phenoxy) is 2. The van der Waals surface area contributed by atoms with Crippen LogP contribution in [-0.2, 0) is 30.7 Å². The largest absolute Gasteiger partial charge is 0.452 e. The maximum atomic E-state index is 13.2. The minimum atomic E-state index is -3.75. The summed E-state index contributed by atoms with van der Waals surface area (Å²) < 4.78 is 38.3. The van der Waals surface area contributed by atoms with E-state index in [0.717, 1.165) is 18.4 Å². The molecule has 1 unspecified atom stereocenters. The molecule has 1 amide bonds. The molecule has 0 bridgehead atoms. The zero-order valence-electron chi connectivity index (χ0n) is 17.9. The molecular formula is C23H26N2O6S. The number of morpholine rings is 1. The molecule has 0 radical (unpaired) electrons. The van der Waals surface area contributed by atoms with Crippen molar-refractivity contribution in [3.8, 4) is 0 Å². The molecule has 0 spiro atoms. The topological polar surface area (TPSA) is 93.2 Å². The number of hydrogen-bond acceptors (Lipinski definition) is 6. The predicted octanol–water partition coefficient (Wildman–Crippen LogP) is 2.23. The second-order valence-electron chi connectivity index (χ2n) is 7.93. The van der Waals surface area contributed by atoms with Gasteiger partial charge >= 0.3 is 5.97 Å². The quantitative estimate of drug-likeness (QED) is 0.638. The number of esters is 1. The molecule has 2 aliphatic rings. The number of rotatable bonds is 5. The van der Waals surface area contributed by atoms with Crippen LogP contribution in [0.3, 0.4) is 0 Å². The van der Waals surface area contributed by atoms with E-state index in [1.165, 1.54) is 28.6 Å². The number of carbonyl (C=O) groups excluding carboxylic acids is 2. The summed E-state index contributed by atoms with van der Waals surface area (Å²) in [6.07, 6.45) is 1.54. The highest BCUT2D eigenvalue weighted by Gasteiger charge is 2.29. The normalized spacial score (nSPS) is 18.7. The molecule has 170 valence electrons. The van der Waals surface area contributed by atoms with E-state index in [0.29, 0.717) is 31.9 Å². The van der Waals surface area contributed by atoms with Gasteiger partial charge in [0.25, 0.3) is 15.9 Å². The van der Waals surface area contributed by atoms with Crippen LogP contribution in [0.5, 0.6) is 0 Å². The van der Waals surface area contributed by atoms with Crippen LogP contribution >= 0.6 is 0 Å². The molecule has 2 heterocycles. The number of nitrogens with zero attached hydrogens (tertiary/aromatic N) is 2. The molecule has 1 saturated heterocycles. The molecule has 0 saturated carbocycles. The summed E-state index contributed by atoms with van der Waals surface area (Å²) in [7, 11) is -3.75. The van der Waals surface area contributed by atoms with E-state index in [1.54, 1.807) is 4.90 Å². The summed E-state index contributed by atoms with van der Waals surface area (Å²) in [6.45, 7) is 3.30. The van der Waals surface area contributed by atoms with Crippen molar-refractivity contribution in [1.29, 1.82) is 0 Å². The van der Waals surface area contributed by atoms with Gasteiger partial charge in [0.05, 0.1) is 28.9 Å². The lowest BCUT2D eigenvalue weighted by Crippen LogP contribution is -2.46. The van der Waals surface area contributed by atoms with Gasteiger partial charge in [-0.15, -0.1) is 0 Å². The molecule has 8 nitrogen and oxygen atoms in total. The molecule has 1 fully saturated rings. The van der Waals surface area contributed by atoms with Gasteiger partial charge in [0.15, 0.2) is 6.61 Å². The van der Waals surface area contributed by atoms with Crippen molar-refractivity contribution in [2.75, 3.05) is 37.2 Å². The highest BCUT2D eigenvalue weighted by Crippen LogP contribution is 2.31. The number of carbonyl (C=O) groups is 2. The van der Waals surface area contributed by atoms with E-state index in [1.807, 2.05) is 31.2 Å². The molecule has 1 atom stereocenters. The van der Waals surface area contributed by atoms with Crippen LogP contribution < -0.4 is 4.31 Å². The van der Waals surface area contributed by atoms with Gasteiger partial charge in [0.2, 0.25) is 0 Å². The lowest BCUT2D eigenvalue weighted by molar-refractivity contribution is -0.141. The van der Waals surface area contributed by atoms with Gasteiger partial charge in [-0.05, 0) is 55.7 Å². The second-order valence-corrected chi connectivity index (χ2v) is 9.79. The first-order valence-electron chi connectivity index (χ1n) is 10.6. The first kappa shape index (κ1) is 22.3. The van der Waals surface area contributed by atoms with Crippen LogP contribution in [0.1, 0.15) is 29.3 Å². The number of hydrogen-bond donors (Lipinski definition) is 0. The maximum absolute atomic E-state index is 13.2. The van der Waals surface area contributed by atoms with Crippen molar-refractivity contribution in [1.82, 2.24) is 4.90 Å². The molecule has 0 N–H and O–H groups in total. The Kier molecular flexibility index (Phi) is 6.48. The van der Waals surface area contributed by atoms with Crippen molar-refractivity contribution < 1.29 is 27.5 Å². The fourth-order valence-electron chi connectivity index (χ4n) is 3.99. The molecule has 4 rings (SSSR count). The fraction of sp³-hybridized carbons (Fsp3) is 0.391. The van der Waals surface area contributed by atoms with E-state index >= 15 is 0 Å². The second kappa shape index (κ2) is 9.30. The Morgan fingerprint density at radius 2 is 1.84 bits per heavy atom. The maximum Gasteiger partial charge on any atom is 0.338 e. The van der Waals surface area contributed by atoms with Gasteiger partial charge in [0, 0.05) is 19.6 Å². The van der Waals surface area contributed by atoms with Crippen LogP contribution in [0.4, 0.5) is 5.69 Å². The smallest absolute Gasteiger partial charge is 0.338 e. The Balaban J connectivity index is 1.41. The number of benzene rings is 2. The third kappa shape index (κ3) is 4.63. The molecule has 2 aliphatic heterocycles. The minimum Gasteiger partial charge on any atom is -0.452 e. The Hall–Kier alpha value is -2.91. The summed E-state index contributed by atoms with van der Waals surface area (Å²) in [5, 5.41) is 0. The Morgan fingerprint density at radius 1 is 1.09 bits per heavy atom. The van der Waals surface area contributed by atoms with E-state index in [9.17, 15) is 18.0 Å². The molecule has 9 heteroatoms. The monoisotopic (exact) mass is 458 g/mol. The molecule has 2 aromatic carbocycles. The third-order valence-corrected chi connectivity index (χ3v) is 7.49. The first-order chi connectivity index (χ1) is 15.4. The summed E-state index contributed by atoms with van der Waals surface area (Å²) in [5.41, 5.74) is 1.88. The Labute approximate surface area is 187 Å². The molecule has 0 aromatic heterocycles. The van der Waals surface area contributed by atoms with E-state index in [2.05, 4.69) is 0 Å². The molecule has 2 aromatic rings. The first-order valence-corrected chi connectivity index (χ1v) is 12.1. The van der Waals surface area contributed by atoms with Crippen molar-refractivity contribution >= 4 is 27.6 Å². The molecular weight excluding hydrogens is 432 g/mol. The highest BCUT2D eigenvalue weighted by molar-refractivity contribution is 7.92. The Bertz CT molecular complexity index is 1100. The number of fused-ring (bicyclic) bond motifs is 1. The standard InChI is InChI=1S/C23H26N2O6S/c1-17-15-24(13-14-30-17)22(26)16-31-23(27)19-8-10-20(11-9-19)32(28,29)25-12-4-6-18-5-2-3-7-21(18)25/h2-3,5,7-11,17H,4,6,12-16H2,1H3. The average molecular weight is 459 g/mol. The molecule has 0 aliphatic carbocycles. The number of anilines is 1. The van der Waals surface area contributed by atoms with Gasteiger partial charge in [-0.3, -0.25) is 9.10 Å². The summed E-state index contributed by atoms with van der Waals surface area (Å²) in [5.74, 6) is -0.955. The van der Waals surface area contributed by atoms with Crippen molar-refractivity contribution in [3.05, 3.63) is 59.7 Å². The van der Waals surface area contributed by atoms with E-state index in [-0.39, 0.29) is 29.1 Å². The lowest BCUT2D eigenvalue weighted by Gasteiger charge is -2.31. The minimum absolute atomic E-state index is 0.0511. The van der Waals surface area contributed by atoms with Gasteiger partial charge in [-0.1, -0.05) is 18.2 Å². The van der Waals surface area contributed by atoms with E-state index in [4.69, 9.17) is 9.47 Å². The highest BCUT2D eigenvalue weighted by atomic mass is 32.2. The Morgan fingerprint density at radius 3 is 2.59 bits per heavy atom. The third-order valence-electron chi connectivity index (χ3n) is 5.67. The van der Waals surface area contributed by atoms with Crippen LogP contribution in [0, 0.1) is 0 Å².